The van der Waals surface area contributed by atoms with Crippen molar-refractivity contribution in [2.45, 2.75) is 19.9 Å². The fraction of sp³-hybridized carbons (Fsp3) is 0.167. The van der Waals surface area contributed by atoms with Crippen LogP contribution in [0.25, 0.3) is 10.9 Å². The first kappa shape index (κ1) is 14.7. The molecule has 0 bridgehead atoms. The topological polar surface area (TPSA) is 44.9 Å². The highest BCUT2D eigenvalue weighted by atomic mass is 35.5. The van der Waals surface area contributed by atoms with Gasteiger partial charge in [0.25, 0.3) is 0 Å². The number of rotatable bonds is 4. The summed E-state index contributed by atoms with van der Waals surface area (Å²) in [5, 5.41) is 4.73. The van der Waals surface area contributed by atoms with E-state index in [1.165, 1.54) is 0 Å². The molecule has 0 spiro atoms. The highest BCUT2D eigenvalue weighted by Gasteiger charge is 2.11. The van der Waals surface area contributed by atoms with Crippen molar-refractivity contribution in [3.63, 3.8) is 0 Å². The lowest BCUT2D eigenvalue weighted by Gasteiger charge is -2.06. The number of amides is 1. The summed E-state index contributed by atoms with van der Waals surface area (Å²) in [6, 6.07) is 15.6. The van der Waals surface area contributed by atoms with E-state index in [2.05, 4.69) is 10.3 Å². The number of carbonyl (C=O) groups excluding carboxylic acids is 1. The van der Waals surface area contributed by atoms with Gasteiger partial charge in [0.15, 0.2) is 0 Å². The van der Waals surface area contributed by atoms with Crippen LogP contribution in [0.4, 0.5) is 0 Å². The highest BCUT2D eigenvalue weighted by molar-refractivity contribution is 6.30. The summed E-state index contributed by atoms with van der Waals surface area (Å²) in [5.41, 5.74) is 4.16. The molecule has 1 aromatic heterocycles. The maximum Gasteiger partial charge on any atom is 0.224 e. The summed E-state index contributed by atoms with van der Waals surface area (Å²) < 4.78 is 0. The Bertz CT molecular complexity index is 823. The molecule has 112 valence electrons. The number of benzene rings is 2. The smallest absolute Gasteiger partial charge is 0.224 e. The molecular formula is C18H17ClN2O. The van der Waals surface area contributed by atoms with E-state index in [4.69, 9.17) is 11.6 Å². The molecule has 4 heteroatoms. The summed E-state index contributed by atoms with van der Waals surface area (Å²) in [7, 11) is 0. The Morgan fingerprint density at radius 3 is 2.82 bits per heavy atom. The number of aryl methyl sites for hydroxylation is 1. The number of aromatic amines is 1. The quantitative estimate of drug-likeness (QED) is 0.751. The fourth-order valence-electron chi connectivity index (χ4n) is 2.63. The van der Waals surface area contributed by atoms with Crippen LogP contribution in [-0.2, 0) is 17.8 Å². The van der Waals surface area contributed by atoms with Gasteiger partial charge in [0, 0.05) is 28.2 Å². The zero-order valence-electron chi connectivity index (χ0n) is 12.3. The molecule has 1 amide bonds. The zero-order chi connectivity index (χ0) is 15.5. The van der Waals surface area contributed by atoms with Crippen LogP contribution in [-0.4, -0.2) is 10.9 Å². The molecule has 1 heterocycles. The van der Waals surface area contributed by atoms with Crippen molar-refractivity contribution >= 4 is 28.4 Å². The van der Waals surface area contributed by atoms with Crippen molar-refractivity contribution in [3.8, 4) is 0 Å². The number of halogens is 1. The van der Waals surface area contributed by atoms with E-state index in [1.807, 2.05) is 55.5 Å². The molecule has 0 aliphatic carbocycles. The molecule has 0 fully saturated rings. The van der Waals surface area contributed by atoms with Gasteiger partial charge in [-0.2, -0.15) is 0 Å². The van der Waals surface area contributed by atoms with Gasteiger partial charge < -0.3 is 10.3 Å². The van der Waals surface area contributed by atoms with Gasteiger partial charge in [0.1, 0.15) is 0 Å². The average molecular weight is 313 g/mol. The molecule has 0 radical (unpaired) electrons. The zero-order valence-corrected chi connectivity index (χ0v) is 13.1. The Morgan fingerprint density at radius 1 is 1.18 bits per heavy atom. The number of nitrogens with one attached hydrogen (secondary N) is 2. The summed E-state index contributed by atoms with van der Waals surface area (Å²) in [5.74, 6) is 0.00725. The Kier molecular flexibility index (Phi) is 4.16. The molecule has 3 rings (SSSR count). The van der Waals surface area contributed by atoms with E-state index in [0.29, 0.717) is 18.0 Å². The number of para-hydroxylation sites is 1. The minimum atomic E-state index is 0.00725. The van der Waals surface area contributed by atoms with E-state index in [9.17, 15) is 4.79 Å². The maximum absolute atomic E-state index is 12.2. The van der Waals surface area contributed by atoms with E-state index < -0.39 is 0 Å². The number of aromatic nitrogens is 1. The van der Waals surface area contributed by atoms with E-state index in [0.717, 1.165) is 27.7 Å². The van der Waals surface area contributed by atoms with Crippen molar-refractivity contribution in [3.05, 3.63) is 70.4 Å². The van der Waals surface area contributed by atoms with Crippen LogP contribution in [0.3, 0.4) is 0 Å². The van der Waals surface area contributed by atoms with Crippen molar-refractivity contribution in [2.75, 3.05) is 0 Å². The third kappa shape index (κ3) is 3.15. The van der Waals surface area contributed by atoms with Gasteiger partial charge in [-0.05, 0) is 36.2 Å². The van der Waals surface area contributed by atoms with Crippen LogP contribution < -0.4 is 5.32 Å². The molecular weight excluding hydrogens is 296 g/mol. The highest BCUT2D eigenvalue weighted by Crippen LogP contribution is 2.22. The Balaban J connectivity index is 1.70. The first-order valence-corrected chi connectivity index (χ1v) is 7.58. The lowest BCUT2D eigenvalue weighted by atomic mass is 10.1. The minimum Gasteiger partial charge on any atom is -0.358 e. The van der Waals surface area contributed by atoms with Gasteiger partial charge in [-0.25, -0.2) is 0 Å². The van der Waals surface area contributed by atoms with Gasteiger partial charge in [-0.3, -0.25) is 4.79 Å². The summed E-state index contributed by atoms with van der Waals surface area (Å²) in [4.78, 5) is 15.5. The van der Waals surface area contributed by atoms with Crippen molar-refractivity contribution in [2.24, 2.45) is 0 Å². The fourth-order valence-corrected chi connectivity index (χ4v) is 2.85. The van der Waals surface area contributed by atoms with Gasteiger partial charge in [-0.15, -0.1) is 0 Å². The van der Waals surface area contributed by atoms with Crippen LogP contribution >= 0.6 is 11.6 Å². The molecule has 0 aliphatic heterocycles. The Hall–Kier alpha value is -2.26. The average Bonchev–Trinajstić information content (AvgIpc) is 2.81. The molecule has 2 N–H and O–H groups in total. The molecule has 3 nitrogen and oxygen atoms in total. The van der Waals surface area contributed by atoms with Crippen LogP contribution in [0.1, 0.15) is 16.8 Å². The van der Waals surface area contributed by atoms with E-state index >= 15 is 0 Å². The number of hydrogen-bond acceptors (Lipinski definition) is 1. The van der Waals surface area contributed by atoms with Gasteiger partial charge in [-0.1, -0.05) is 41.9 Å². The molecule has 0 saturated heterocycles. The van der Waals surface area contributed by atoms with Crippen molar-refractivity contribution < 1.29 is 4.79 Å². The van der Waals surface area contributed by atoms with Crippen molar-refractivity contribution in [1.82, 2.24) is 10.3 Å². The van der Waals surface area contributed by atoms with Crippen molar-refractivity contribution in [1.29, 1.82) is 0 Å². The third-order valence-corrected chi connectivity index (χ3v) is 3.98. The number of carbonyl (C=O) groups is 1. The molecule has 0 saturated carbocycles. The molecule has 0 unspecified atom stereocenters. The van der Waals surface area contributed by atoms with Crippen LogP contribution in [0.15, 0.2) is 48.5 Å². The van der Waals surface area contributed by atoms with Gasteiger partial charge >= 0.3 is 0 Å². The lowest BCUT2D eigenvalue weighted by molar-refractivity contribution is -0.120. The van der Waals surface area contributed by atoms with Gasteiger partial charge in [0.2, 0.25) is 5.91 Å². The lowest BCUT2D eigenvalue weighted by Crippen LogP contribution is -2.24. The molecule has 2 aromatic carbocycles. The normalized spacial score (nSPS) is 10.8. The van der Waals surface area contributed by atoms with E-state index in [1.54, 1.807) is 0 Å². The van der Waals surface area contributed by atoms with E-state index in [-0.39, 0.29) is 5.91 Å². The summed E-state index contributed by atoms with van der Waals surface area (Å²) in [6.07, 6.45) is 0.371. The number of fused-ring (bicyclic) bond motifs is 1. The van der Waals surface area contributed by atoms with Gasteiger partial charge in [0.05, 0.1) is 6.42 Å². The Morgan fingerprint density at radius 2 is 2.00 bits per heavy atom. The molecule has 3 aromatic rings. The SMILES string of the molecule is Cc1[nH]c2ccccc2c1CC(=O)NCc1cccc(Cl)c1. The predicted molar refractivity (Wildman–Crippen MR) is 90.0 cm³/mol. The first-order chi connectivity index (χ1) is 10.6. The minimum absolute atomic E-state index is 0.00725. The monoisotopic (exact) mass is 312 g/mol. The molecule has 0 atom stereocenters. The largest absolute Gasteiger partial charge is 0.358 e. The third-order valence-electron chi connectivity index (χ3n) is 3.74. The first-order valence-electron chi connectivity index (χ1n) is 7.21. The maximum atomic E-state index is 12.2. The summed E-state index contributed by atoms with van der Waals surface area (Å²) in [6.45, 7) is 2.49. The Labute approximate surface area is 134 Å². The standard InChI is InChI=1S/C18H17ClN2O/c1-12-16(15-7-2-3-8-17(15)21-12)10-18(22)20-11-13-5-4-6-14(19)9-13/h2-9,21H,10-11H2,1H3,(H,20,22). The second-order valence-electron chi connectivity index (χ2n) is 5.36. The summed E-state index contributed by atoms with van der Waals surface area (Å²) >= 11 is 5.94. The second-order valence-corrected chi connectivity index (χ2v) is 5.79. The predicted octanol–water partition coefficient (Wildman–Crippen LogP) is 3.99. The second kappa shape index (κ2) is 6.24. The van der Waals surface area contributed by atoms with Crippen LogP contribution in [0, 0.1) is 6.92 Å². The molecule has 0 aliphatic rings. The number of H-pyrrole nitrogens is 1. The van der Waals surface area contributed by atoms with Crippen LogP contribution in [0.2, 0.25) is 5.02 Å². The number of hydrogen-bond donors (Lipinski definition) is 2. The van der Waals surface area contributed by atoms with Crippen LogP contribution in [0.5, 0.6) is 0 Å². The molecule has 22 heavy (non-hydrogen) atoms.